The third-order valence-electron chi connectivity index (χ3n) is 0.872. The van der Waals surface area contributed by atoms with Crippen LogP contribution < -0.4 is 0 Å². The monoisotopic (exact) mass is 200 g/mol. The second kappa shape index (κ2) is 3.46. The van der Waals surface area contributed by atoms with E-state index in [-0.39, 0.29) is 0 Å². The molecule has 0 aromatic carbocycles. The van der Waals surface area contributed by atoms with Gasteiger partial charge in [0.05, 0.1) is 0 Å². The van der Waals surface area contributed by atoms with Crippen molar-refractivity contribution in [3.63, 3.8) is 0 Å². The van der Waals surface area contributed by atoms with E-state index in [0.29, 0.717) is 0 Å². The van der Waals surface area contributed by atoms with Gasteiger partial charge in [-0.25, -0.2) is 8.78 Å². The third kappa shape index (κ3) is 2.23. The van der Waals surface area contributed by atoms with E-state index < -0.39 is 25.3 Å². The molecule has 0 saturated carbocycles. The summed E-state index contributed by atoms with van der Waals surface area (Å²) in [5, 5.41) is 0. The fourth-order valence-electron chi connectivity index (χ4n) is 0.289. The van der Waals surface area contributed by atoms with Crippen molar-refractivity contribution in [2.75, 3.05) is 6.86 Å². The Hall–Kier alpha value is -0.530. The molecular weight excluding hydrogens is 197 g/mol. The van der Waals surface area contributed by atoms with Crippen LogP contribution in [0.3, 0.4) is 0 Å². The van der Waals surface area contributed by atoms with E-state index in [0.717, 1.165) is 0 Å². The van der Waals surface area contributed by atoms with E-state index in [1.807, 2.05) is 0 Å². The van der Waals surface area contributed by atoms with Crippen LogP contribution in [0.5, 0.6) is 0 Å². The predicted octanol–water partition coefficient (Wildman–Crippen LogP) is 2.42. The Kier molecular flexibility index (Phi) is 3.31. The summed E-state index contributed by atoms with van der Waals surface area (Å²) in [7, 11) is 0. The number of alkyl halides is 7. The standard InChI is InChI=1S/C4H3F7O/c5-1-12-2(6)3(7,8)4(9,10)11/h2H,1H2. The third-order valence-corrected chi connectivity index (χ3v) is 0.872. The van der Waals surface area contributed by atoms with Crippen LogP contribution in [0, 0.1) is 0 Å². The average molecular weight is 200 g/mol. The molecule has 1 nitrogen and oxygen atoms in total. The van der Waals surface area contributed by atoms with Crippen LogP contribution in [0.2, 0.25) is 0 Å². The molecule has 1 atom stereocenters. The van der Waals surface area contributed by atoms with E-state index in [1.54, 1.807) is 0 Å². The molecule has 0 N–H and O–H groups in total. The molecule has 0 aromatic rings. The normalized spacial score (nSPS) is 16.2. The fraction of sp³-hybridized carbons (Fsp3) is 1.00. The number of ether oxygens (including phenoxy) is 1. The van der Waals surface area contributed by atoms with Crippen molar-refractivity contribution in [3.05, 3.63) is 0 Å². The lowest BCUT2D eigenvalue weighted by Crippen LogP contribution is -2.46. The minimum atomic E-state index is -6.08. The van der Waals surface area contributed by atoms with Crippen molar-refractivity contribution >= 4 is 0 Å². The molecule has 0 aromatic heterocycles. The Balaban J connectivity index is 4.38. The number of hydrogen-bond acceptors (Lipinski definition) is 1. The Morgan fingerprint density at radius 2 is 1.50 bits per heavy atom. The van der Waals surface area contributed by atoms with Gasteiger partial charge in [-0.2, -0.15) is 22.0 Å². The summed E-state index contributed by atoms with van der Waals surface area (Å²) in [4.78, 5) is 0. The highest BCUT2D eigenvalue weighted by atomic mass is 19.4. The molecule has 0 saturated heterocycles. The maximum Gasteiger partial charge on any atom is 0.459 e. The zero-order valence-electron chi connectivity index (χ0n) is 5.34. The van der Waals surface area contributed by atoms with Gasteiger partial charge in [-0.1, -0.05) is 0 Å². The molecule has 0 aliphatic rings. The minimum Gasteiger partial charge on any atom is -0.311 e. The number of rotatable bonds is 3. The van der Waals surface area contributed by atoms with Gasteiger partial charge < -0.3 is 4.74 Å². The summed E-state index contributed by atoms with van der Waals surface area (Å²) in [5.41, 5.74) is 0. The van der Waals surface area contributed by atoms with Gasteiger partial charge in [0.25, 0.3) is 6.36 Å². The molecule has 0 spiro atoms. The van der Waals surface area contributed by atoms with Gasteiger partial charge in [0.15, 0.2) is 6.86 Å². The molecule has 0 bridgehead atoms. The van der Waals surface area contributed by atoms with Crippen molar-refractivity contribution in [1.82, 2.24) is 0 Å². The van der Waals surface area contributed by atoms with Gasteiger partial charge in [-0.05, 0) is 0 Å². The average Bonchev–Trinajstić information content (AvgIpc) is 1.85. The summed E-state index contributed by atoms with van der Waals surface area (Å²) in [6.07, 6.45) is -10.1. The van der Waals surface area contributed by atoms with E-state index in [2.05, 4.69) is 4.74 Å². The maximum absolute atomic E-state index is 11.7. The van der Waals surface area contributed by atoms with Crippen molar-refractivity contribution in [2.24, 2.45) is 0 Å². The van der Waals surface area contributed by atoms with Crippen LogP contribution >= 0.6 is 0 Å². The SMILES string of the molecule is FCOC(F)C(F)(F)C(F)(F)F. The first-order valence-corrected chi connectivity index (χ1v) is 2.49. The Morgan fingerprint density at radius 1 is 1.08 bits per heavy atom. The molecule has 12 heavy (non-hydrogen) atoms. The summed E-state index contributed by atoms with van der Waals surface area (Å²) in [6.45, 7) is -2.05. The Bertz CT molecular complexity index is 141. The van der Waals surface area contributed by atoms with Crippen molar-refractivity contribution < 1.29 is 35.5 Å². The van der Waals surface area contributed by atoms with E-state index in [9.17, 15) is 30.7 Å². The smallest absolute Gasteiger partial charge is 0.311 e. The van der Waals surface area contributed by atoms with Crippen LogP contribution in [0.15, 0.2) is 0 Å². The van der Waals surface area contributed by atoms with Gasteiger partial charge in [0.1, 0.15) is 0 Å². The quantitative estimate of drug-likeness (QED) is 0.635. The first kappa shape index (κ1) is 11.5. The first-order valence-electron chi connectivity index (χ1n) is 2.49. The van der Waals surface area contributed by atoms with E-state index in [4.69, 9.17) is 0 Å². The van der Waals surface area contributed by atoms with Crippen LogP contribution in [-0.4, -0.2) is 25.3 Å². The van der Waals surface area contributed by atoms with Crippen molar-refractivity contribution in [3.8, 4) is 0 Å². The van der Waals surface area contributed by atoms with Crippen molar-refractivity contribution in [1.29, 1.82) is 0 Å². The highest BCUT2D eigenvalue weighted by Crippen LogP contribution is 2.39. The molecule has 0 aliphatic heterocycles. The van der Waals surface area contributed by atoms with Crippen LogP contribution in [0.25, 0.3) is 0 Å². The maximum atomic E-state index is 11.7. The lowest BCUT2D eigenvalue weighted by atomic mass is 10.3. The summed E-state index contributed by atoms with van der Waals surface area (Å²) in [5.74, 6) is -5.68. The second-order valence-corrected chi connectivity index (χ2v) is 1.71. The summed E-state index contributed by atoms with van der Waals surface area (Å²) >= 11 is 0. The largest absolute Gasteiger partial charge is 0.459 e. The molecular formula is C4H3F7O. The molecule has 0 rings (SSSR count). The molecule has 0 heterocycles. The Labute approximate surface area is 62.1 Å². The molecule has 8 heteroatoms. The molecule has 74 valence electrons. The molecule has 0 fully saturated rings. The first-order chi connectivity index (χ1) is 5.23. The lowest BCUT2D eigenvalue weighted by molar-refractivity contribution is -0.344. The topological polar surface area (TPSA) is 9.23 Å². The highest BCUT2D eigenvalue weighted by molar-refractivity contribution is 4.78. The van der Waals surface area contributed by atoms with E-state index >= 15 is 0 Å². The highest BCUT2D eigenvalue weighted by Gasteiger charge is 2.64. The van der Waals surface area contributed by atoms with Crippen LogP contribution in [0.1, 0.15) is 0 Å². The van der Waals surface area contributed by atoms with Crippen LogP contribution in [0.4, 0.5) is 30.7 Å². The second-order valence-electron chi connectivity index (χ2n) is 1.71. The van der Waals surface area contributed by atoms with Gasteiger partial charge in [0, 0.05) is 0 Å². The molecule has 0 aliphatic carbocycles. The van der Waals surface area contributed by atoms with E-state index in [1.165, 1.54) is 0 Å². The number of halogens is 7. The molecule has 1 unspecified atom stereocenters. The van der Waals surface area contributed by atoms with Gasteiger partial charge in [-0.3, -0.25) is 0 Å². The predicted molar refractivity (Wildman–Crippen MR) is 23.0 cm³/mol. The molecule has 0 radical (unpaired) electrons. The summed E-state index contributed by atoms with van der Waals surface area (Å²) in [6, 6.07) is 0. The Morgan fingerprint density at radius 3 is 1.75 bits per heavy atom. The van der Waals surface area contributed by atoms with Gasteiger partial charge in [0.2, 0.25) is 0 Å². The lowest BCUT2D eigenvalue weighted by Gasteiger charge is -2.21. The fourth-order valence-corrected chi connectivity index (χ4v) is 0.289. The van der Waals surface area contributed by atoms with Gasteiger partial charge >= 0.3 is 12.1 Å². The van der Waals surface area contributed by atoms with Crippen LogP contribution in [-0.2, 0) is 4.74 Å². The van der Waals surface area contributed by atoms with Gasteiger partial charge in [-0.15, -0.1) is 0 Å². The number of hydrogen-bond donors (Lipinski definition) is 0. The molecule has 0 amide bonds. The van der Waals surface area contributed by atoms with Crippen molar-refractivity contribution in [2.45, 2.75) is 18.5 Å². The zero-order chi connectivity index (χ0) is 9.99. The summed E-state index contributed by atoms with van der Waals surface area (Å²) < 4.78 is 82.7. The zero-order valence-corrected chi connectivity index (χ0v) is 5.34. The minimum absolute atomic E-state index is 2.05.